The largest absolute Gasteiger partial charge is 0.350 e. The zero-order valence-electron chi connectivity index (χ0n) is 9.19. The third kappa shape index (κ3) is 1.04. The minimum atomic E-state index is -0.00352. The van der Waals surface area contributed by atoms with Gasteiger partial charge in [-0.1, -0.05) is 18.2 Å². The summed E-state index contributed by atoms with van der Waals surface area (Å²) in [5.41, 5.74) is 1.67. The fourth-order valence-corrected chi connectivity index (χ4v) is 2.04. The Hall–Kier alpha value is -2.10. The molecule has 0 saturated carbocycles. The van der Waals surface area contributed by atoms with Crippen LogP contribution in [0.4, 0.5) is 0 Å². The summed E-state index contributed by atoms with van der Waals surface area (Å²) in [7, 11) is 3.62. The average molecular weight is 214 g/mol. The van der Waals surface area contributed by atoms with Crippen molar-refractivity contribution in [1.82, 2.24) is 9.67 Å². The van der Waals surface area contributed by atoms with E-state index in [-0.39, 0.29) is 5.56 Å². The molecule has 0 fully saturated rings. The summed E-state index contributed by atoms with van der Waals surface area (Å²) in [4.78, 5) is 15.2. The van der Waals surface area contributed by atoms with Crippen molar-refractivity contribution in [2.24, 2.45) is 14.1 Å². The quantitative estimate of drug-likeness (QED) is 0.554. The zero-order valence-corrected chi connectivity index (χ0v) is 9.19. The molecule has 2 aromatic heterocycles. The van der Waals surface area contributed by atoms with Crippen LogP contribution >= 0.6 is 0 Å². The summed E-state index contributed by atoms with van der Waals surface area (Å²) in [6.45, 7) is 0. The van der Waals surface area contributed by atoms with Crippen molar-refractivity contribution in [3.63, 3.8) is 0 Å². The molecule has 0 unspecified atom stereocenters. The van der Waals surface area contributed by atoms with Crippen molar-refractivity contribution in [2.75, 3.05) is 0 Å². The van der Waals surface area contributed by atoms with E-state index in [0.717, 1.165) is 16.3 Å². The van der Waals surface area contributed by atoms with Crippen LogP contribution in [0.5, 0.6) is 0 Å². The summed E-state index contributed by atoms with van der Waals surface area (Å²) < 4.78 is 3.38. The fraction of sp³-hybridized carbons (Fsp3) is 0.167. The highest BCUT2D eigenvalue weighted by molar-refractivity contribution is 6.06. The van der Waals surface area contributed by atoms with Crippen LogP contribution in [0.25, 0.3) is 21.8 Å². The summed E-state index contributed by atoms with van der Waals surface area (Å²) in [5, 5.41) is 2.06. The Morgan fingerprint density at radius 1 is 1.25 bits per heavy atom. The number of hydrogen-bond donors (Lipinski definition) is 1. The van der Waals surface area contributed by atoms with Gasteiger partial charge in [0.15, 0.2) is 7.05 Å². The number of fused-ring (bicyclic) bond motifs is 3. The molecule has 4 heteroatoms. The lowest BCUT2D eigenvalue weighted by Crippen LogP contribution is -2.46. The monoisotopic (exact) mass is 214 g/mol. The third-order valence-corrected chi connectivity index (χ3v) is 3.04. The Kier molecular flexibility index (Phi) is 1.68. The van der Waals surface area contributed by atoms with Crippen LogP contribution in [0, 0.1) is 0 Å². The molecule has 0 amide bonds. The summed E-state index contributed by atoms with van der Waals surface area (Å²) in [6.07, 6.45) is 1.97. The maximum absolute atomic E-state index is 12.0. The minimum Gasteiger partial charge on any atom is -0.350 e. The van der Waals surface area contributed by atoms with Gasteiger partial charge in [0.2, 0.25) is 6.20 Å². The molecular weight excluding hydrogens is 202 g/mol. The zero-order chi connectivity index (χ0) is 11.3. The molecule has 16 heavy (non-hydrogen) atoms. The highest BCUT2D eigenvalue weighted by Crippen LogP contribution is 2.21. The molecule has 0 aliphatic heterocycles. The van der Waals surface area contributed by atoms with E-state index < -0.39 is 0 Å². The average Bonchev–Trinajstić information content (AvgIpc) is 2.65. The standard InChI is InChI=1S/C12H11N3O/c1-14-7-9-8-5-3-4-6-10(8)13-11(9)12(16)15(14)2/h3-7H,1-2H3/p+1. The second-order valence-electron chi connectivity index (χ2n) is 3.99. The van der Waals surface area contributed by atoms with Crippen molar-refractivity contribution in [2.45, 2.75) is 0 Å². The van der Waals surface area contributed by atoms with Gasteiger partial charge in [-0.15, -0.1) is 9.36 Å². The Morgan fingerprint density at radius 2 is 2.00 bits per heavy atom. The molecule has 0 aliphatic rings. The van der Waals surface area contributed by atoms with Gasteiger partial charge < -0.3 is 4.98 Å². The van der Waals surface area contributed by atoms with Gasteiger partial charge in [-0.3, -0.25) is 4.79 Å². The van der Waals surface area contributed by atoms with Gasteiger partial charge in [0.1, 0.15) is 5.52 Å². The highest BCUT2D eigenvalue weighted by atomic mass is 16.1. The Labute approximate surface area is 91.7 Å². The van der Waals surface area contributed by atoms with E-state index in [1.54, 1.807) is 16.4 Å². The van der Waals surface area contributed by atoms with Gasteiger partial charge in [-0.2, -0.15) is 0 Å². The summed E-state index contributed by atoms with van der Waals surface area (Å²) >= 11 is 0. The number of aromatic nitrogens is 3. The molecule has 4 nitrogen and oxygen atoms in total. The highest BCUT2D eigenvalue weighted by Gasteiger charge is 2.13. The normalized spacial score (nSPS) is 11.4. The van der Waals surface area contributed by atoms with Gasteiger partial charge in [-0.05, 0) is 6.07 Å². The van der Waals surface area contributed by atoms with Crippen LogP contribution in [-0.4, -0.2) is 9.67 Å². The number of nitrogens with one attached hydrogen (secondary N) is 1. The van der Waals surface area contributed by atoms with E-state index in [0.29, 0.717) is 5.52 Å². The minimum absolute atomic E-state index is 0.00352. The van der Waals surface area contributed by atoms with Crippen LogP contribution in [0.2, 0.25) is 0 Å². The number of nitrogens with zero attached hydrogens (tertiary/aromatic N) is 2. The predicted octanol–water partition coefficient (Wildman–Crippen LogP) is 0.844. The molecule has 1 aromatic carbocycles. The fourth-order valence-electron chi connectivity index (χ4n) is 2.04. The van der Waals surface area contributed by atoms with Gasteiger partial charge in [-0.25, -0.2) is 0 Å². The number of rotatable bonds is 0. The van der Waals surface area contributed by atoms with Crippen molar-refractivity contribution in [3.8, 4) is 0 Å². The number of aryl methyl sites for hydroxylation is 1. The Balaban J connectivity index is 2.66. The van der Waals surface area contributed by atoms with Crippen molar-refractivity contribution < 1.29 is 4.68 Å². The van der Waals surface area contributed by atoms with Crippen molar-refractivity contribution in [3.05, 3.63) is 40.8 Å². The first-order valence-corrected chi connectivity index (χ1v) is 5.15. The third-order valence-electron chi connectivity index (χ3n) is 3.04. The molecule has 0 atom stereocenters. The number of benzene rings is 1. The maximum atomic E-state index is 12.0. The van der Waals surface area contributed by atoms with Crippen LogP contribution < -0.4 is 10.2 Å². The van der Waals surface area contributed by atoms with Crippen molar-refractivity contribution in [1.29, 1.82) is 0 Å². The van der Waals surface area contributed by atoms with Crippen LogP contribution in [-0.2, 0) is 14.1 Å². The topological polar surface area (TPSA) is 41.7 Å². The molecule has 0 saturated heterocycles. The summed E-state index contributed by atoms with van der Waals surface area (Å²) in [6, 6.07) is 7.94. The molecule has 2 heterocycles. The van der Waals surface area contributed by atoms with Gasteiger partial charge in [0.25, 0.3) is 0 Å². The van der Waals surface area contributed by atoms with E-state index in [4.69, 9.17) is 0 Å². The second kappa shape index (κ2) is 2.95. The van der Waals surface area contributed by atoms with Crippen LogP contribution in [0.3, 0.4) is 0 Å². The first-order valence-electron chi connectivity index (χ1n) is 5.15. The molecule has 3 rings (SSSR count). The first kappa shape index (κ1) is 9.15. The Morgan fingerprint density at radius 3 is 2.81 bits per heavy atom. The second-order valence-corrected chi connectivity index (χ2v) is 3.99. The number of para-hydroxylation sites is 1. The molecular formula is C12H12N3O+. The SMILES string of the molecule is Cn1c(=O)c2[nH]c3ccccc3c2c[n+]1C. The molecule has 0 aliphatic carbocycles. The van der Waals surface area contributed by atoms with Gasteiger partial charge >= 0.3 is 5.56 Å². The molecule has 0 radical (unpaired) electrons. The van der Waals surface area contributed by atoms with Crippen LogP contribution in [0.15, 0.2) is 35.3 Å². The first-order chi connectivity index (χ1) is 7.68. The van der Waals surface area contributed by atoms with Crippen LogP contribution in [0.1, 0.15) is 0 Å². The Bertz CT molecular complexity index is 752. The van der Waals surface area contributed by atoms with E-state index in [9.17, 15) is 4.79 Å². The smallest absolute Gasteiger partial charge is 0.324 e. The molecule has 1 N–H and O–H groups in total. The van der Waals surface area contributed by atoms with E-state index >= 15 is 0 Å². The van der Waals surface area contributed by atoms with Gasteiger partial charge in [0, 0.05) is 10.9 Å². The lowest BCUT2D eigenvalue weighted by Gasteiger charge is -1.95. The molecule has 80 valence electrons. The lowest BCUT2D eigenvalue weighted by molar-refractivity contribution is -0.755. The summed E-state index contributed by atoms with van der Waals surface area (Å²) in [5.74, 6) is 0. The molecule has 0 bridgehead atoms. The maximum Gasteiger partial charge on any atom is 0.324 e. The molecule has 0 spiro atoms. The van der Waals surface area contributed by atoms with E-state index in [1.165, 1.54) is 0 Å². The van der Waals surface area contributed by atoms with E-state index in [2.05, 4.69) is 4.98 Å². The van der Waals surface area contributed by atoms with Gasteiger partial charge in [0.05, 0.1) is 12.4 Å². The van der Waals surface area contributed by atoms with Crippen molar-refractivity contribution >= 4 is 21.8 Å². The number of H-pyrrole nitrogens is 1. The predicted molar refractivity (Wildman–Crippen MR) is 62.2 cm³/mol. The number of aromatic amines is 1. The number of hydrogen-bond acceptors (Lipinski definition) is 1. The lowest BCUT2D eigenvalue weighted by atomic mass is 10.2. The van der Waals surface area contributed by atoms with E-state index in [1.807, 2.05) is 37.5 Å². The molecule has 3 aromatic rings.